The van der Waals surface area contributed by atoms with Crippen molar-refractivity contribution in [1.29, 1.82) is 0 Å². The van der Waals surface area contributed by atoms with Crippen LogP contribution in [0.5, 0.6) is 0 Å². The van der Waals surface area contributed by atoms with Gasteiger partial charge in [0.25, 0.3) is 5.91 Å². The van der Waals surface area contributed by atoms with Crippen LogP contribution in [-0.4, -0.2) is 15.5 Å². The van der Waals surface area contributed by atoms with Crippen LogP contribution in [-0.2, 0) is 7.05 Å². The molecule has 0 aliphatic heterocycles. The van der Waals surface area contributed by atoms with Gasteiger partial charge in [-0.1, -0.05) is 11.6 Å². The van der Waals surface area contributed by atoms with Crippen LogP contribution in [0.3, 0.4) is 0 Å². The normalized spacial score (nSPS) is 10.6. The van der Waals surface area contributed by atoms with E-state index in [0.29, 0.717) is 16.1 Å². The molecule has 3 rings (SSSR count). The molecule has 2 aromatic heterocycles. The maximum Gasteiger partial charge on any atom is 0.261 e. The van der Waals surface area contributed by atoms with Crippen molar-refractivity contribution in [2.45, 2.75) is 0 Å². The molecule has 3 aromatic rings. The molecular formula is C16H12ClN3O2. The molecule has 6 heteroatoms. The number of rotatable bonds is 2. The quantitative estimate of drug-likeness (QED) is 0.791. The molecule has 110 valence electrons. The molecule has 0 atom stereocenters. The molecule has 2 heterocycles. The lowest BCUT2D eigenvalue weighted by Gasteiger charge is -2.09. The van der Waals surface area contributed by atoms with Crippen LogP contribution in [0, 0.1) is 0 Å². The second kappa shape index (κ2) is 5.61. The lowest BCUT2D eigenvalue weighted by Crippen LogP contribution is -2.23. The summed E-state index contributed by atoms with van der Waals surface area (Å²) in [5.74, 6) is -0.464. The number of carbonyl (C=O) groups excluding carboxylic acids is 1. The van der Waals surface area contributed by atoms with E-state index < -0.39 is 5.91 Å². The van der Waals surface area contributed by atoms with Crippen molar-refractivity contribution >= 4 is 34.1 Å². The maximum absolute atomic E-state index is 12.5. The minimum absolute atomic E-state index is 0.0640. The summed E-state index contributed by atoms with van der Waals surface area (Å²) in [6.07, 6.45) is 4.65. The molecule has 22 heavy (non-hydrogen) atoms. The smallest absolute Gasteiger partial charge is 0.261 e. The van der Waals surface area contributed by atoms with Crippen molar-refractivity contribution in [3.05, 3.63) is 69.7 Å². The predicted molar refractivity (Wildman–Crippen MR) is 86.4 cm³/mol. The Bertz CT molecular complexity index is 920. The van der Waals surface area contributed by atoms with Crippen LogP contribution >= 0.6 is 11.6 Å². The number of benzene rings is 1. The standard InChI is InChI=1S/C16H12ClN3O2/c1-20-9-13(16(22)19-11-4-6-18-7-5-11)15(21)12-8-10(17)2-3-14(12)20/h2-9H,1H3,(H,18,19,22). The molecule has 0 bridgehead atoms. The van der Waals surface area contributed by atoms with E-state index in [-0.39, 0.29) is 11.0 Å². The van der Waals surface area contributed by atoms with Crippen molar-refractivity contribution < 1.29 is 4.79 Å². The largest absolute Gasteiger partial charge is 0.350 e. The SMILES string of the molecule is Cn1cc(C(=O)Nc2ccncc2)c(=O)c2cc(Cl)ccc21. The van der Waals surface area contributed by atoms with E-state index in [9.17, 15) is 9.59 Å². The third kappa shape index (κ3) is 2.58. The third-order valence-electron chi connectivity index (χ3n) is 3.33. The number of hydrogen-bond acceptors (Lipinski definition) is 3. The van der Waals surface area contributed by atoms with Crippen molar-refractivity contribution in [3.63, 3.8) is 0 Å². The zero-order valence-electron chi connectivity index (χ0n) is 11.7. The monoisotopic (exact) mass is 313 g/mol. The molecule has 0 saturated carbocycles. The number of pyridine rings is 2. The van der Waals surface area contributed by atoms with E-state index in [1.807, 2.05) is 0 Å². The van der Waals surface area contributed by atoms with Gasteiger partial charge in [0, 0.05) is 41.7 Å². The Morgan fingerprint density at radius 1 is 1.23 bits per heavy atom. The molecule has 5 nitrogen and oxygen atoms in total. The summed E-state index contributed by atoms with van der Waals surface area (Å²) < 4.78 is 1.73. The number of hydrogen-bond donors (Lipinski definition) is 1. The highest BCUT2D eigenvalue weighted by atomic mass is 35.5. The number of carbonyl (C=O) groups is 1. The summed E-state index contributed by atoms with van der Waals surface area (Å²) >= 11 is 5.95. The molecule has 0 saturated heterocycles. The minimum Gasteiger partial charge on any atom is -0.350 e. The first-order chi connectivity index (χ1) is 10.6. The molecule has 0 fully saturated rings. The molecule has 0 aliphatic carbocycles. The van der Waals surface area contributed by atoms with Gasteiger partial charge in [0.15, 0.2) is 0 Å². The number of anilines is 1. The number of nitrogens with one attached hydrogen (secondary N) is 1. The first kappa shape index (κ1) is 14.3. The Hall–Kier alpha value is -2.66. The van der Waals surface area contributed by atoms with Gasteiger partial charge in [-0.2, -0.15) is 0 Å². The fourth-order valence-corrected chi connectivity index (χ4v) is 2.43. The Morgan fingerprint density at radius 3 is 2.68 bits per heavy atom. The second-order valence-electron chi connectivity index (χ2n) is 4.83. The van der Waals surface area contributed by atoms with Gasteiger partial charge in [-0.05, 0) is 30.3 Å². The van der Waals surface area contributed by atoms with Crippen LogP contribution in [0.2, 0.25) is 5.02 Å². The molecule has 1 N–H and O–H groups in total. The molecule has 0 aliphatic rings. The summed E-state index contributed by atoms with van der Waals surface area (Å²) in [5.41, 5.74) is 1.01. The topological polar surface area (TPSA) is 64.0 Å². The average molecular weight is 314 g/mol. The maximum atomic E-state index is 12.5. The Morgan fingerprint density at radius 2 is 1.95 bits per heavy atom. The van der Waals surface area contributed by atoms with Gasteiger partial charge >= 0.3 is 0 Å². The zero-order chi connectivity index (χ0) is 15.7. The summed E-state index contributed by atoms with van der Waals surface area (Å²) in [5, 5.41) is 3.55. The number of halogens is 1. The number of nitrogens with zero attached hydrogens (tertiary/aromatic N) is 2. The first-order valence-corrected chi connectivity index (χ1v) is 6.94. The van der Waals surface area contributed by atoms with Gasteiger partial charge in [0.2, 0.25) is 5.43 Å². The highest BCUT2D eigenvalue weighted by molar-refractivity contribution is 6.31. The summed E-state index contributed by atoms with van der Waals surface area (Å²) in [6, 6.07) is 8.34. The van der Waals surface area contributed by atoms with Crippen molar-refractivity contribution in [2.24, 2.45) is 7.05 Å². The molecule has 1 amide bonds. The Kier molecular flexibility index (Phi) is 3.65. The van der Waals surface area contributed by atoms with Gasteiger partial charge in [0.05, 0.1) is 5.52 Å². The van der Waals surface area contributed by atoms with Crippen molar-refractivity contribution in [2.75, 3.05) is 5.32 Å². The second-order valence-corrected chi connectivity index (χ2v) is 5.27. The van der Waals surface area contributed by atoms with Crippen molar-refractivity contribution in [1.82, 2.24) is 9.55 Å². The van der Waals surface area contributed by atoms with Crippen molar-refractivity contribution in [3.8, 4) is 0 Å². The molecule has 0 spiro atoms. The third-order valence-corrected chi connectivity index (χ3v) is 3.57. The Balaban J connectivity index is 2.09. The first-order valence-electron chi connectivity index (χ1n) is 6.56. The predicted octanol–water partition coefficient (Wildman–Crippen LogP) is 2.84. The van der Waals surface area contributed by atoms with Gasteiger partial charge in [-0.3, -0.25) is 14.6 Å². The average Bonchev–Trinajstić information content (AvgIpc) is 2.51. The molecule has 0 radical (unpaired) electrons. The van der Waals surface area contributed by atoms with Gasteiger partial charge in [-0.15, -0.1) is 0 Å². The Labute approximate surface area is 131 Å². The van der Waals surface area contributed by atoms with Crippen LogP contribution in [0.4, 0.5) is 5.69 Å². The van der Waals surface area contributed by atoms with E-state index in [2.05, 4.69) is 10.3 Å². The van der Waals surface area contributed by atoms with E-state index in [1.54, 1.807) is 54.3 Å². The van der Waals surface area contributed by atoms with E-state index in [1.165, 1.54) is 6.20 Å². The minimum atomic E-state index is -0.464. The summed E-state index contributed by atoms with van der Waals surface area (Å²) in [7, 11) is 1.78. The van der Waals surface area contributed by atoms with Crippen LogP contribution < -0.4 is 10.7 Å². The van der Waals surface area contributed by atoms with Crippen LogP contribution in [0.25, 0.3) is 10.9 Å². The lowest BCUT2D eigenvalue weighted by molar-refractivity contribution is 0.102. The fourth-order valence-electron chi connectivity index (χ4n) is 2.26. The fraction of sp³-hybridized carbons (Fsp3) is 0.0625. The molecule has 0 unspecified atom stereocenters. The van der Waals surface area contributed by atoms with E-state index in [4.69, 9.17) is 11.6 Å². The van der Waals surface area contributed by atoms with Crippen LogP contribution in [0.1, 0.15) is 10.4 Å². The zero-order valence-corrected chi connectivity index (χ0v) is 12.5. The van der Waals surface area contributed by atoms with E-state index >= 15 is 0 Å². The number of aryl methyl sites for hydroxylation is 1. The summed E-state index contributed by atoms with van der Waals surface area (Å²) in [4.78, 5) is 28.7. The highest BCUT2D eigenvalue weighted by Crippen LogP contribution is 2.17. The number of fused-ring (bicyclic) bond motifs is 1. The molecule has 1 aromatic carbocycles. The van der Waals surface area contributed by atoms with E-state index in [0.717, 1.165) is 5.52 Å². The van der Waals surface area contributed by atoms with Crippen LogP contribution in [0.15, 0.2) is 53.7 Å². The number of amides is 1. The van der Waals surface area contributed by atoms with Gasteiger partial charge < -0.3 is 9.88 Å². The number of aromatic nitrogens is 2. The molecular weight excluding hydrogens is 302 g/mol. The summed E-state index contributed by atoms with van der Waals surface area (Å²) in [6.45, 7) is 0. The van der Waals surface area contributed by atoms with Gasteiger partial charge in [-0.25, -0.2) is 0 Å². The lowest BCUT2D eigenvalue weighted by atomic mass is 10.1. The van der Waals surface area contributed by atoms with Gasteiger partial charge in [0.1, 0.15) is 5.56 Å². The highest BCUT2D eigenvalue weighted by Gasteiger charge is 2.15.